The number of ether oxygens (including phenoxy) is 1. The van der Waals surface area contributed by atoms with Crippen molar-refractivity contribution in [2.24, 2.45) is 5.92 Å². The molecule has 0 N–H and O–H groups in total. The van der Waals surface area contributed by atoms with E-state index in [4.69, 9.17) is 21.3 Å². The molecular formula is C24H24ClN5O3S2. The molecule has 182 valence electrons. The molecule has 1 aromatic carbocycles. The number of aromatic nitrogens is 4. The molecule has 4 aromatic rings. The zero-order valence-corrected chi connectivity index (χ0v) is 21.5. The normalized spacial score (nSPS) is 15.0. The van der Waals surface area contributed by atoms with E-state index in [0.29, 0.717) is 27.6 Å². The SMILES string of the molecule is CS(=O)(=O)c1ccc(-c2ccc3nc(OCCC4CCN(c5ncc(Cl)cn5)CC4)sc3n2)cc1. The summed E-state index contributed by atoms with van der Waals surface area (Å²) in [6, 6.07) is 10.6. The first-order chi connectivity index (χ1) is 16.8. The summed E-state index contributed by atoms with van der Waals surface area (Å²) >= 11 is 7.30. The molecule has 0 saturated carbocycles. The first kappa shape index (κ1) is 23.9. The molecule has 1 aliphatic heterocycles. The third-order valence-corrected chi connectivity index (χ3v) is 8.27. The summed E-state index contributed by atoms with van der Waals surface area (Å²) in [5, 5.41) is 1.16. The van der Waals surface area contributed by atoms with E-state index in [1.165, 1.54) is 17.6 Å². The van der Waals surface area contributed by atoms with Gasteiger partial charge in [0.1, 0.15) is 10.3 Å². The molecular weight excluding hydrogens is 506 g/mol. The lowest BCUT2D eigenvalue weighted by atomic mass is 9.94. The third-order valence-electron chi connectivity index (χ3n) is 6.07. The van der Waals surface area contributed by atoms with Crippen molar-refractivity contribution in [1.29, 1.82) is 0 Å². The fraction of sp³-hybridized carbons (Fsp3) is 0.333. The predicted octanol–water partition coefficient (Wildman–Crippen LogP) is 4.89. The van der Waals surface area contributed by atoms with Gasteiger partial charge >= 0.3 is 0 Å². The van der Waals surface area contributed by atoms with Gasteiger partial charge in [-0.15, -0.1) is 0 Å². The van der Waals surface area contributed by atoms with Crippen LogP contribution < -0.4 is 9.64 Å². The number of thiazole rings is 1. The Labute approximate surface area is 212 Å². The molecule has 0 aliphatic carbocycles. The second kappa shape index (κ2) is 10.0. The van der Waals surface area contributed by atoms with Gasteiger partial charge in [-0.3, -0.25) is 0 Å². The molecule has 3 aromatic heterocycles. The molecule has 0 amide bonds. The monoisotopic (exact) mass is 529 g/mol. The van der Waals surface area contributed by atoms with E-state index in [1.54, 1.807) is 36.7 Å². The van der Waals surface area contributed by atoms with Crippen LogP contribution >= 0.6 is 22.9 Å². The van der Waals surface area contributed by atoms with Gasteiger partial charge in [0.25, 0.3) is 5.19 Å². The van der Waals surface area contributed by atoms with Crippen molar-refractivity contribution in [2.75, 3.05) is 30.9 Å². The minimum atomic E-state index is -3.22. The van der Waals surface area contributed by atoms with Crippen LogP contribution in [-0.2, 0) is 9.84 Å². The second-order valence-electron chi connectivity index (χ2n) is 8.57. The first-order valence-electron chi connectivity index (χ1n) is 11.3. The maximum Gasteiger partial charge on any atom is 0.275 e. The van der Waals surface area contributed by atoms with E-state index in [1.807, 2.05) is 12.1 Å². The number of pyridine rings is 1. The van der Waals surface area contributed by atoms with Gasteiger partial charge in [-0.25, -0.2) is 28.4 Å². The van der Waals surface area contributed by atoms with Crippen molar-refractivity contribution < 1.29 is 13.2 Å². The number of sulfone groups is 1. The Morgan fingerprint density at radius 1 is 1.06 bits per heavy atom. The minimum Gasteiger partial charge on any atom is -0.470 e. The van der Waals surface area contributed by atoms with Crippen LogP contribution in [0.3, 0.4) is 0 Å². The maximum atomic E-state index is 11.7. The average molecular weight is 530 g/mol. The molecule has 0 spiro atoms. The Morgan fingerprint density at radius 2 is 1.77 bits per heavy atom. The molecule has 1 aliphatic rings. The van der Waals surface area contributed by atoms with Crippen molar-refractivity contribution in [3.63, 3.8) is 0 Å². The number of piperidine rings is 1. The van der Waals surface area contributed by atoms with E-state index in [9.17, 15) is 8.42 Å². The highest BCUT2D eigenvalue weighted by molar-refractivity contribution is 7.90. The first-order valence-corrected chi connectivity index (χ1v) is 14.4. The molecule has 1 saturated heterocycles. The second-order valence-corrected chi connectivity index (χ2v) is 12.0. The van der Waals surface area contributed by atoms with Crippen LogP contribution in [0.5, 0.6) is 5.19 Å². The van der Waals surface area contributed by atoms with Crippen LogP contribution in [0.2, 0.25) is 5.02 Å². The van der Waals surface area contributed by atoms with Gasteiger partial charge in [-0.2, -0.15) is 0 Å². The summed E-state index contributed by atoms with van der Waals surface area (Å²) in [7, 11) is -3.22. The number of rotatable bonds is 7. The van der Waals surface area contributed by atoms with E-state index in [-0.39, 0.29) is 0 Å². The fourth-order valence-corrected chi connectivity index (χ4v) is 5.64. The van der Waals surface area contributed by atoms with E-state index < -0.39 is 9.84 Å². The molecule has 35 heavy (non-hydrogen) atoms. The van der Waals surface area contributed by atoms with E-state index in [2.05, 4.69) is 19.9 Å². The molecule has 0 unspecified atom stereocenters. The van der Waals surface area contributed by atoms with Crippen LogP contribution in [0.25, 0.3) is 21.6 Å². The van der Waals surface area contributed by atoms with Crippen LogP contribution in [0, 0.1) is 5.92 Å². The molecule has 11 heteroatoms. The lowest BCUT2D eigenvalue weighted by molar-refractivity contribution is 0.257. The Hall–Kier alpha value is -2.82. The van der Waals surface area contributed by atoms with Gasteiger partial charge in [-0.05, 0) is 49.4 Å². The third kappa shape index (κ3) is 5.71. The van der Waals surface area contributed by atoms with Crippen LogP contribution in [0.1, 0.15) is 19.3 Å². The number of fused-ring (bicyclic) bond motifs is 1. The summed E-state index contributed by atoms with van der Waals surface area (Å²) in [5.74, 6) is 1.32. The minimum absolute atomic E-state index is 0.291. The maximum absolute atomic E-state index is 11.7. The van der Waals surface area contributed by atoms with Gasteiger partial charge in [0.2, 0.25) is 5.95 Å². The van der Waals surface area contributed by atoms with Crippen molar-refractivity contribution in [3.05, 3.63) is 53.8 Å². The molecule has 0 atom stereocenters. The van der Waals surface area contributed by atoms with Crippen LogP contribution in [-0.4, -0.2) is 54.3 Å². The molecule has 8 nitrogen and oxygen atoms in total. The summed E-state index contributed by atoms with van der Waals surface area (Å²) in [6.45, 7) is 2.46. The molecule has 4 heterocycles. The summed E-state index contributed by atoms with van der Waals surface area (Å²) in [6.07, 6.45) is 7.57. The number of benzene rings is 1. The van der Waals surface area contributed by atoms with Gasteiger partial charge in [-0.1, -0.05) is 35.1 Å². The van der Waals surface area contributed by atoms with E-state index in [0.717, 1.165) is 59.9 Å². The Balaban J connectivity index is 1.15. The number of hydrogen-bond donors (Lipinski definition) is 0. The van der Waals surface area contributed by atoms with Crippen molar-refractivity contribution in [2.45, 2.75) is 24.2 Å². The molecule has 1 fully saturated rings. The zero-order chi connectivity index (χ0) is 24.4. The molecule has 0 bridgehead atoms. The van der Waals surface area contributed by atoms with Crippen LogP contribution in [0.4, 0.5) is 5.95 Å². The smallest absolute Gasteiger partial charge is 0.275 e. The molecule has 5 rings (SSSR count). The lowest BCUT2D eigenvalue weighted by Gasteiger charge is -2.31. The van der Waals surface area contributed by atoms with Crippen molar-refractivity contribution in [1.82, 2.24) is 19.9 Å². The highest BCUT2D eigenvalue weighted by Gasteiger charge is 2.21. The number of hydrogen-bond acceptors (Lipinski definition) is 9. The Kier molecular flexibility index (Phi) is 6.86. The highest BCUT2D eigenvalue weighted by atomic mass is 35.5. The van der Waals surface area contributed by atoms with Gasteiger partial charge in [0.05, 0.1) is 34.6 Å². The topological polar surface area (TPSA) is 98.2 Å². The summed E-state index contributed by atoms with van der Waals surface area (Å²) in [5.41, 5.74) is 2.41. The highest BCUT2D eigenvalue weighted by Crippen LogP contribution is 2.30. The standard InChI is InChI=1S/C24H24ClN5O3S2/c1-35(31,32)19-4-2-17(3-5-19)20-6-7-21-22(28-20)34-24(29-21)33-13-10-16-8-11-30(12-9-16)23-26-14-18(25)15-27-23/h2-7,14-16H,8-13H2,1H3. The lowest BCUT2D eigenvalue weighted by Crippen LogP contribution is -2.35. The number of anilines is 1. The fourth-order valence-electron chi connectivity index (χ4n) is 4.10. The number of nitrogens with zero attached hydrogens (tertiary/aromatic N) is 5. The Morgan fingerprint density at radius 3 is 2.46 bits per heavy atom. The van der Waals surface area contributed by atoms with Crippen LogP contribution in [0.15, 0.2) is 53.7 Å². The van der Waals surface area contributed by atoms with Gasteiger partial charge in [0.15, 0.2) is 9.84 Å². The van der Waals surface area contributed by atoms with Gasteiger partial charge < -0.3 is 9.64 Å². The number of halogens is 1. The largest absolute Gasteiger partial charge is 0.470 e. The average Bonchev–Trinajstić information content (AvgIpc) is 3.26. The predicted molar refractivity (Wildman–Crippen MR) is 138 cm³/mol. The summed E-state index contributed by atoms with van der Waals surface area (Å²) < 4.78 is 29.3. The zero-order valence-electron chi connectivity index (χ0n) is 19.1. The Bertz CT molecular complexity index is 1420. The quantitative estimate of drug-likeness (QED) is 0.333. The summed E-state index contributed by atoms with van der Waals surface area (Å²) in [4.78, 5) is 21.2. The van der Waals surface area contributed by atoms with E-state index >= 15 is 0 Å². The van der Waals surface area contributed by atoms with Gasteiger partial charge in [0, 0.05) is 24.9 Å². The van der Waals surface area contributed by atoms with Crippen molar-refractivity contribution >= 4 is 49.1 Å². The van der Waals surface area contributed by atoms with Crippen molar-refractivity contribution in [3.8, 4) is 16.5 Å². The molecule has 0 radical (unpaired) electrons.